The van der Waals surface area contributed by atoms with E-state index in [1.807, 2.05) is 13.0 Å². The van der Waals surface area contributed by atoms with Crippen molar-refractivity contribution in [2.75, 3.05) is 50.7 Å². The second kappa shape index (κ2) is 11.9. The zero-order chi connectivity index (χ0) is 25.5. The van der Waals surface area contributed by atoms with E-state index in [-0.39, 0.29) is 11.4 Å². The monoisotopic (exact) mass is 509 g/mol. The molecule has 1 atom stereocenters. The largest absolute Gasteiger partial charge is 0.497 e. The van der Waals surface area contributed by atoms with E-state index >= 15 is 0 Å². The number of aryl methyl sites for hydroxylation is 1. The lowest BCUT2D eigenvalue weighted by atomic mass is 10.2. The summed E-state index contributed by atoms with van der Waals surface area (Å²) >= 11 is 0. The van der Waals surface area contributed by atoms with Crippen LogP contribution in [0.1, 0.15) is 11.1 Å². The Balaban J connectivity index is 1.43. The first-order chi connectivity index (χ1) is 17.3. The van der Waals surface area contributed by atoms with E-state index in [4.69, 9.17) is 4.74 Å². The average Bonchev–Trinajstić information content (AvgIpc) is 2.89. The van der Waals surface area contributed by atoms with E-state index in [2.05, 4.69) is 34.1 Å². The molecule has 1 unspecified atom stereocenters. The van der Waals surface area contributed by atoms with Crippen molar-refractivity contribution >= 4 is 15.7 Å². The molecule has 1 fully saturated rings. The summed E-state index contributed by atoms with van der Waals surface area (Å²) in [7, 11) is -2.30. The number of β-amino-alcohol motifs (C(OH)–C–C–N with tert-alkyl or cyclic N) is 1. The van der Waals surface area contributed by atoms with E-state index in [1.54, 1.807) is 55.6 Å². The zero-order valence-corrected chi connectivity index (χ0v) is 21.8. The number of hydrogen-bond acceptors (Lipinski definition) is 6. The van der Waals surface area contributed by atoms with Gasteiger partial charge < -0.3 is 9.84 Å². The van der Waals surface area contributed by atoms with E-state index in [1.165, 1.54) is 9.87 Å². The van der Waals surface area contributed by atoms with Crippen LogP contribution in [0.4, 0.5) is 5.69 Å². The van der Waals surface area contributed by atoms with Crippen molar-refractivity contribution in [3.05, 3.63) is 90.0 Å². The summed E-state index contributed by atoms with van der Waals surface area (Å²) in [5.41, 5.74) is 2.77. The van der Waals surface area contributed by atoms with Crippen LogP contribution in [-0.4, -0.2) is 75.8 Å². The van der Waals surface area contributed by atoms with Gasteiger partial charge in [-0.3, -0.25) is 14.1 Å². The molecule has 8 heteroatoms. The molecule has 0 bridgehead atoms. The number of piperazine rings is 1. The van der Waals surface area contributed by atoms with E-state index in [0.717, 1.165) is 38.3 Å². The van der Waals surface area contributed by atoms with E-state index in [9.17, 15) is 13.5 Å². The minimum Gasteiger partial charge on any atom is -0.497 e. The van der Waals surface area contributed by atoms with Gasteiger partial charge in [-0.2, -0.15) is 0 Å². The van der Waals surface area contributed by atoms with Gasteiger partial charge >= 0.3 is 0 Å². The maximum absolute atomic E-state index is 13.6. The predicted octanol–water partition coefficient (Wildman–Crippen LogP) is 3.38. The molecule has 0 spiro atoms. The van der Waals surface area contributed by atoms with Crippen molar-refractivity contribution < 1.29 is 18.3 Å². The number of anilines is 1. The van der Waals surface area contributed by atoms with Crippen LogP contribution in [-0.2, 0) is 16.6 Å². The highest BCUT2D eigenvalue weighted by Crippen LogP contribution is 2.26. The van der Waals surface area contributed by atoms with Crippen molar-refractivity contribution in [2.24, 2.45) is 0 Å². The smallest absolute Gasteiger partial charge is 0.264 e. The van der Waals surface area contributed by atoms with Crippen molar-refractivity contribution in [3.63, 3.8) is 0 Å². The van der Waals surface area contributed by atoms with Crippen molar-refractivity contribution in [1.29, 1.82) is 0 Å². The van der Waals surface area contributed by atoms with E-state index < -0.39 is 16.1 Å². The number of aliphatic hydroxyl groups is 1. The number of benzene rings is 3. The average molecular weight is 510 g/mol. The molecule has 1 saturated heterocycles. The van der Waals surface area contributed by atoms with Crippen molar-refractivity contribution in [1.82, 2.24) is 9.80 Å². The van der Waals surface area contributed by atoms with Gasteiger partial charge in [-0.15, -0.1) is 0 Å². The summed E-state index contributed by atoms with van der Waals surface area (Å²) in [5, 5.41) is 11.0. The van der Waals surface area contributed by atoms with Crippen molar-refractivity contribution in [3.8, 4) is 5.75 Å². The first-order valence-electron chi connectivity index (χ1n) is 12.3. The molecule has 7 nitrogen and oxygen atoms in total. The third-order valence-corrected chi connectivity index (χ3v) is 8.34. The van der Waals surface area contributed by atoms with Gasteiger partial charge in [0.05, 0.1) is 30.3 Å². The number of methoxy groups -OCH3 is 1. The maximum Gasteiger partial charge on any atom is 0.264 e. The molecule has 3 aromatic rings. The lowest BCUT2D eigenvalue weighted by Gasteiger charge is -2.36. The Hall–Kier alpha value is -2.91. The highest BCUT2D eigenvalue weighted by molar-refractivity contribution is 7.92. The Kier molecular flexibility index (Phi) is 8.64. The van der Waals surface area contributed by atoms with Gasteiger partial charge in [-0.1, -0.05) is 48.0 Å². The van der Waals surface area contributed by atoms with Crippen LogP contribution in [0.15, 0.2) is 83.8 Å². The second-order valence-electron chi connectivity index (χ2n) is 9.26. The lowest BCUT2D eigenvalue weighted by Crippen LogP contribution is -2.50. The predicted molar refractivity (Wildman–Crippen MR) is 143 cm³/mol. The topological polar surface area (TPSA) is 73.3 Å². The summed E-state index contributed by atoms with van der Waals surface area (Å²) in [6.45, 7) is 6.69. The van der Waals surface area contributed by atoms with Crippen LogP contribution < -0.4 is 9.04 Å². The molecule has 1 aliphatic rings. The number of ether oxygens (including phenoxy) is 1. The van der Waals surface area contributed by atoms with Crippen LogP contribution in [0.3, 0.4) is 0 Å². The molecule has 1 aliphatic heterocycles. The van der Waals surface area contributed by atoms with Crippen molar-refractivity contribution in [2.45, 2.75) is 24.5 Å². The van der Waals surface area contributed by atoms with Crippen LogP contribution >= 0.6 is 0 Å². The number of rotatable bonds is 10. The van der Waals surface area contributed by atoms with Crippen LogP contribution in [0.25, 0.3) is 0 Å². The SMILES string of the molecule is COc1ccc(N(CC(O)CN2CCN(Cc3ccccc3)CC2)S(=O)(=O)c2ccc(C)cc2)cc1. The molecule has 0 saturated carbocycles. The summed E-state index contributed by atoms with van der Waals surface area (Å²) in [6, 6.07) is 24.1. The fraction of sp³-hybridized carbons (Fsp3) is 0.357. The minimum absolute atomic E-state index is 0.0350. The highest BCUT2D eigenvalue weighted by Gasteiger charge is 2.28. The number of hydrogen-bond donors (Lipinski definition) is 1. The Bertz CT molecular complexity index is 1190. The van der Waals surface area contributed by atoms with Gasteiger partial charge in [0, 0.05) is 39.3 Å². The molecule has 36 heavy (non-hydrogen) atoms. The summed E-state index contributed by atoms with van der Waals surface area (Å²) in [4.78, 5) is 4.81. The number of aliphatic hydroxyl groups excluding tert-OH is 1. The normalized spacial score (nSPS) is 16.0. The Morgan fingerprint density at radius 1 is 0.889 bits per heavy atom. The van der Waals surface area contributed by atoms with Crippen LogP contribution in [0.5, 0.6) is 5.75 Å². The molecule has 0 aromatic heterocycles. The molecular weight excluding hydrogens is 474 g/mol. The first-order valence-corrected chi connectivity index (χ1v) is 13.7. The number of sulfonamides is 1. The van der Waals surface area contributed by atoms with Crippen LogP contribution in [0, 0.1) is 6.92 Å². The van der Waals surface area contributed by atoms with E-state index in [0.29, 0.717) is 18.0 Å². The van der Waals surface area contributed by atoms with Gasteiger partial charge in [-0.25, -0.2) is 8.42 Å². The number of nitrogens with zero attached hydrogens (tertiary/aromatic N) is 3. The molecule has 0 amide bonds. The quantitative estimate of drug-likeness (QED) is 0.452. The summed E-state index contributed by atoms with van der Waals surface area (Å²) in [5.74, 6) is 0.639. The van der Waals surface area contributed by atoms with Gasteiger partial charge in [0.15, 0.2) is 0 Å². The summed E-state index contributed by atoms with van der Waals surface area (Å²) in [6.07, 6.45) is -0.840. The fourth-order valence-electron chi connectivity index (χ4n) is 4.45. The minimum atomic E-state index is -3.86. The Morgan fingerprint density at radius 3 is 2.11 bits per heavy atom. The molecular formula is C28H35N3O4S. The third-order valence-electron chi connectivity index (χ3n) is 6.53. The maximum atomic E-state index is 13.6. The Labute approximate surface area is 214 Å². The standard InChI is InChI=1S/C28H35N3O4S/c1-23-8-14-28(15-9-23)36(33,34)31(25-10-12-27(35-2)13-11-25)22-26(32)21-30-18-16-29(17-19-30)20-24-6-4-3-5-7-24/h3-15,26,32H,16-22H2,1-2H3. The molecule has 0 aliphatic carbocycles. The van der Waals surface area contributed by atoms with Gasteiger partial charge in [0.2, 0.25) is 0 Å². The zero-order valence-electron chi connectivity index (χ0n) is 21.0. The summed E-state index contributed by atoms with van der Waals surface area (Å²) < 4.78 is 33.7. The first kappa shape index (κ1) is 26.2. The Morgan fingerprint density at radius 2 is 1.50 bits per heavy atom. The molecule has 3 aromatic carbocycles. The lowest BCUT2D eigenvalue weighted by molar-refractivity contribution is 0.0743. The van der Waals surface area contributed by atoms with Gasteiger partial charge in [-0.05, 0) is 48.9 Å². The van der Waals surface area contributed by atoms with Gasteiger partial charge in [0.25, 0.3) is 10.0 Å². The van der Waals surface area contributed by atoms with Crippen LogP contribution in [0.2, 0.25) is 0 Å². The van der Waals surface area contributed by atoms with Gasteiger partial charge in [0.1, 0.15) is 5.75 Å². The molecule has 1 heterocycles. The molecule has 192 valence electrons. The molecule has 0 radical (unpaired) electrons. The second-order valence-corrected chi connectivity index (χ2v) is 11.1. The highest BCUT2D eigenvalue weighted by atomic mass is 32.2. The fourth-order valence-corrected chi connectivity index (χ4v) is 5.95. The molecule has 4 rings (SSSR count). The third kappa shape index (κ3) is 6.64. The molecule has 1 N–H and O–H groups in total.